The number of nitrogens with zero attached hydrogens (tertiary/aromatic N) is 2. The van der Waals surface area contributed by atoms with Crippen LogP contribution in [0, 0.1) is 11.3 Å². The predicted octanol–water partition coefficient (Wildman–Crippen LogP) is 3.26. The number of rotatable bonds is 5. The van der Waals surface area contributed by atoms with Gasteiger partial charge in [-0.1, -0.05) is 12.1 Å². The van der Waals surface area contributed by atoms with Crippen LogP contribution in [0.3, 0.4) is 0 Å². The van der Waals surface area contributed by atoms with Gasteiger partial charge in [0.25, 0.3) is 5.91 Å². The first-order valence-corrected chi connectivity index (χ1v) is 9.62. The lowest BCUT2D eigenvalue weighted by Crippen LogP contribution is -2.61. The van der Waals surface area contributed by atoms with E-state index in [1.54, 1.807) is 13.3 Å². The highest BCUT2D eigenvalue weighted by atomic mass is 16.5. The van der Waals surface area contributed by atoms with Gasteiger partial charge in [-0.15, -0.1) is 0 Å². The monoisotopic (exact) mass is 384 g/mol. The molecule has 0 spiro atoms. The number of amides is 1. The van der Waals surface area contributed by atoms with E-state index in [1.165, 1.54) is 0 Å². The number of nitrogens with two attached hydrogens (primary N) is 1. The van der Waals surface area contributed by atoms with Crippen LogP contribution in [-0.2, 0) is 4.79 Å². The molecule has 6 nitrogen and oxygen atoms in total. The Hall–Kier alpha value is -2.52. The Labute approximate surface area is 168 Å². The van der Waals surface area contributed by atoms with Gasteiger partial charge in [0.05, 0.1) is 13.2 Å². The minimum atomic E-state index is -0.382. The largest absolute Gasteiger partial charge is 0.497 e. The molecule has 1 atom stereocenters. The van der Waals surface area contributed by atoms with Gasteiger partial charge in [0, 0.05) is 23.3 Å². The van der Waals surface area contributed by atoms with Crippen LogP contribution < -0.4 is 15.8 Å². The highest BCUT2D eigenvalue weighted by Crippen LogP contribution is 2.38. The summed E-state index contributed by atoms with van der Waals surface area (Å²) in [5.74, 6) is 0.375. The van der Waals surface area contributed by atoms with Gasteiger partial charge in [0.2, 0.25) is 0 Å². The molecule has 1 heterocycles. The zero-order chi connectivity index (χ0) is 21.1. The second kappa shape index (κ2) is 8.24. The van der Waals surface area contributed by atoms with E-state index < -0.39 is 0 Å². The van der Waals surface area contributed by atoms with Gasteiger partial charge >= 0.3 is 0 Å². The highest BCUT2D eigenvalue weighted by molar-refractivity contribution is 5.97. The lowest BCUT2D eigenvalue weighted by molar-refractivity contribution is -0.117. The molecule has 1 saturated heterocycles. The molecule has 1 fully saturated rings. The van der Waals surface area contributed by atoms with E-state index >= 15 is 0 Å². The Balaban J connectivity index is 2.20. The minimum absolute atomic E-state index is 0.0944. The molecule has 3 N–H and O–H groups in total. The van der Waals surface area contributed by atoms with Gasteiger partial charge < -0.3 is 20.7 Å². The van der Waals surface area contributed by atoms with Crippen molar-refractivity contribution in [2.45, 2.75) is 70.6 Å². The quantitative estimate of drug-likeness (QED) is 0.600. The first kappa shape index (κ1) is 21.8. The van der Waals surface area contributed by atoms with Crippen LogP contribution in [-0.4, -0.2) is 35.0 Å². The fourth-order valence-corrected chi connectivity index (χ4v) is 4.24. The maximum absolute atomic E-state index is 12.8. The van der Waals surface area contributed by atoms with Gasteiger partial charge in [-0.25, -0.2) is 0 Å². The number of hydrogen-bond acceptors (Lipinski definition) is 5. The highest BCUT2D eigenvalue weighted by Gasteiger charge is 2.43. The molecule has 1 unspecified atom stereocenters. The van der Waals surface area contributed by atoms with Crippen molar-refractivity contribution in [2.24, 2.45) is 5.73 Å². The molecule has 6 heteroatoms. The summed E-state index contributed by atoms with van der Waals surface area (Å²) in [6.45, 7) is 10.3. The minimum Gasteiger partial charge on any atom is -0.497 e. The molecule has 0 saturated carbocycles. The standard InChI is InChI=1S/C22H32N4O2/c1-15(16-7-9-19(28-6)10-8-16)25-20(27)17(13-23)14-26-21(2,3)11-18(24)12-22(26,4)5/h7-10,14-15,18H,11-12,24H2,1-6H3,(H,25,27)/b17-14-. The van der Waals surface area contributed by atoms with Gasteiger partial charge in [0.15, 0.2) is 0 Å². The van der Waals surface area contributed by atoms with E-state index in [0.717, 1.165) is 24.2 Å². The summed E-state index contributed by atoms with van der Waals surface area (Å²) in [6.07, 6.45) is 3.30. The first-order valence-electron chi connectivity index (χ1n) is 9.62. The lowest BCUT2D eigenvalue weighted by Gasteiger charge is -2.54. The molecule has 0 bridgehead atoms. The molecule has 152 valence electrons. The average molecular weight is 385 g/mol. The van der Waals surface area contributed by atoms with Crippen LogP contribution in [0.1, 0.15) is 59.1 Å². The number of methoxy groups -OCH3 is 1. The summed E-state index contributed by atoms with van der Waals surface area (Å²) < 4.78 is 5.16. The Morgan fingerprint density at radius 1 is 1.29 bits per heavy atom. The summed E-state index contributed by atoms with van der Waals surface area (Å²) in [7, 11) is 1.61. The Morgan fingerprint density at radius 2 is 1.82 bits per heavy atom. The number of piperidine rings is 1. The molecule has 1 aromatic rings. The van der Waals surface area contributed by atoms with Crippen molar-refractivity contribution in [3.8, 4) is 11.8 Å². The molecule has 2 rings (SSSR count). The van der Waals surface area contributed by atoms with Gasteiger partial charge in [0.1, 0.15) is 17.4 Å². The van der Waals surface area contributed by atoms with Crippen molar-refractivity contribution in [1.82, 2.24) is 10.2 Å². The zero-order valence-electron chi connectivity index (χ0n) is 17.7. The van der Waals surface area contributed by atoms with Crippen LogP contribution in [0.5, 0.6) is 5.75 Å². The summed E-state index contributed by atoms with van der Waals surface area (Å²) >= 11 is 0. The molecule has 1 amide bonds. The molecule has 28 heavy (non-hydrogen) atoms. The van der Waals surface area contributed by atoms with Crippen LogP contribution in [0.4, 0.5) is 0 Å². The molecule has 0 radical (unpaired) electrons. The third-order valence-electron chi connectivity index (χ3n) is 5.41. The maximum atomic E-state index is 12.8. The van der Waals surface area contributed by atoms with Gasteiger partial charge in [-0.2, -0.15) is 5.26 Å². The third kappa shape index (κ3) is 4.85. The number of hydrogen-bond donors (Lipinski definition) is 2. The Kier molecular flexibility index (Phi) is 6.41. The second-order valence-electron chi connectivity index (χ2n) is 8.79. The number of likely N-dealkylation sites (tertiary alicyclic amines) is 1. The predicted molar refractivity (Wildman–Crippen MR) is 110 cm³/mol. The summed E-state index contributed by atoms with van der Waals surface area (Å²) in [5, 5.41) is 12.5. The average Bonchev–Trinajstić information content (AvgIpc) is 2.59. The van der Waals surface area contributed by atoms with Crippen LogP contribution in [0.15, 0.2) is 36.0 Å². The molecule has 1 aliphatic heterocycles. The third-order valence-corrected chi connectivity index (χ3v) is 5.41. The number of carbonyl (C=O) groups excluding carboxylic acids is 1. The second-order valence-corrected chi connectivity index (χ2v) is 8.79. The topological polar surface area (TPSA) is 91.4 Å². The number of nitrogens with one attached hydrogen (secondary N) is 1. The van der Waals surface area contributed by atoms with E-state index in [9.17, 15) is 10.1 Å². The SMILES string of the molecule is COc1ccc(C(C)NC(=O)/C(C#N)=C\N2C(C)(C)CC(N)CC2(C)C)cc1. The van der Waals surface area contributed by atoms with Crippen LogP contribution >= 0.6 is 0 Å². The summed E-state index contributed by atoms with van der Waals surface area (Å²) in [4.78, 5) is 14.9. The maximum Gasteiger partial charge on any atom is 0.263 e. The molecule has 1 aliphatic rings. The van der Waals surface area contributed by atoms with E-state index in [1.807, 2.05) is 31.2 Å². The van der Waals surface area contributed by atoms with E-state index in [2.05, 4.69) is 44.0 Å². The molecule has 0 aromatic heterocycles. The Morgan fingerprint density at radius 3 is 2.29 bits per heavy atom. The van der Waals surface area contributed by atoms with Crippen molar-refractivity contribution < 1.29 is 9.53 Å². The lowest BCUT2D eigenvalue weighted by atomic mass is 9.77. The first-order chi connectivity index (χ1) is 13.0. The molecule has 1 aromatic carbocycles. The number of carbonyl (C=O) groups is 1. The van der Waals surface area contributed by atoms with E-state index in [0.29, 0.717) is 0 Å². The Bertz CT molecular complexity index is 757. The summed E-state index contributed by atoms with van der Waals surface area (Å²) in [6, 6.07) is 9.44. The number of ether oxygens (including phenoxy) is 1. The van der Waals surface area contributed by atoms with E-state index in [-0.39, 0.29) is 34.6 Å². The fraction of sp³-hybridized carbons (Fsp3) is 0.545. The molecular weight excluding hydrogens is 352 g/mol. The zero-order valence-corrected chi connectivity index (χ0v) is 17.7. The van der Waals surface area contributed by atoms with Crippen molar-refractivity contribution in [3.05, 3.63) is 41.6 Å². The van der Waals surface area contributed by atoms with Gasteiger partial charge in [-0.05, 0) is 65.2 Å². The van der Waals surface area contributed by atoms with Crippen molar-refractivity contribution in [3.63, 3.8) is 0 Å². The number of nitriles is 1. The smallest absolute Gasteiger partial charge is 0.263 e. The number of benzene rings is 1. The van der Waals surface area contributed by atoms with E-state index in [4.69, 9.17) is 10.5 Å². The van der Waals surface area contributed by atoms with Crippen LogP contribution in [0.25, 0.3) is 0 Å². The van der Waals surface area contributed by atoms with Crippen molar-refractivity contribution in [1.29, 1.82) is 5.26 Å². The normalized spacial score (nSPS) is 20.2. The van der Waals surface area contributed by atoms with Crippen molar-refractivity contribution in [2.75, 3.05) is 7.11 Å². The molecular formula is C22H32N4O2. The fourth-order valence-electron chi connectivity index (χ4n) is 4.24. The summed E-state index contributed by atoms with van der Waals surface area (Å²) in [5.41, 5.74) is 6.77. The van der Waals surface area contributed by atoms with Crippen molar-refractivity contribution >= 4 is 5.91 Å². The van der Waals surface area contributed by atoms with Gasteiger partial charge in [-0.3, -0.25) is 4.79 Å². The molecule has 0 aliphatic carbocycles. The van der Waals surface area contributed by atoms with Crippen LogP contribution in [0.2, 0.25) is 0 Å².